The quantitative estimate of drug-likeness (QED) is 0.895. The molecule has 0 aliphatic heterocycles. The van der Waals surface area contributed by atoms with Gasteiger partial charge >= 0.3 is 5.76 Å². The lowest BCUT2D eigenvalue weighted by atomic mass is 9.80. The SMILES string of the molecule is CC1CCCCC1CNc1ccc(S(=O)(=O)C(F)F)cc1. The molecule has 0 amide bonds. The van der Waals surface area contributed by atoms with E-state index in [2.05, 4.69) is 12.2 Å². The summed E-state index contributed by atoms with van der Waals surface area (Å²) < 4.78 is 47.5. The van der Waals surface area contributed by atoms with Crippen LogP contribution in [0.5, 0.6) is 0 Å². The number of alkyl halides is 2. The zero-order chi connectivity index (χ0) is 15.5. The molecule has 0 bridgehead atoms. The van der Waals surface area contributed by atoms with Crippen molar-refractivity contribution in [1.82, 2.24) is 0 Å². The van der Waals surface area contributed by atoms with E-state index < -0.39 is 15.6 Å². The first-order valence-electron chi connectivity index (χ1n) is 7.27. The molecule has 1 aromatic rings. The third-order valence-corrected chi connectivity index (χ3v) is 5.67. The highest BCUT2D eigenvalue weighted by molar-refractivity contribution is 7.91. The maximum atomic E-state index is 12.4. The van der Waals surface area contributed by atoms with E-state index in [1.165, 1.54) is 37.8 Å². The Balaban J connectivity index is 1.97. The van der Waals surface area contributed by atoms with Crippen molar-refractivity contribution >= 4 is 15.5 Å². The lowest BCUT2D eigenvalue weighted by Gasteiger charge is -2.29. The summed E-state index contributed by atoms with van der Waals surface area (Å²) in [6.45, 7) is 3.09. The van der Waals surface area contributed by atoms with Crippen molar-refractivity contribution in [2.24, 2.45) is 11.8 Å². The second kappa shape index (κ2) is 6.73. The standard InChI is InChI=1S/C15H21F2NO2S/c1-11-4-2-3-5-12(11)10-18-13-6-8-14(9-7-13)21(19,20)15(16)17/h6-9,11-12,15,18H,2-5,10H2,1H3. The number of nitrogens with one attached hydrogen (secondary N) is 1. The number of anilines is 1. The maximum Gasteiger partial charge on any atom is 0.341 e. The normalized spacial score (nSPS) is 23.2. The average Bonchev–Trinajstić information content (AvgIpc) is 2.46. The molecule has 2 unspecified atom stereocenters. The van der Waals surface area contributed by atoms with E-state index in [0.29, 0.717) is 11.8 Å². The van der Waals surface area contributed by atoms with E-state index in [0.717, 1.165) is 12.2 Å². The fourth-order valence-corrected chi connectivity index (χ4v) is 3.53. The zero-order valence-corrected chi connectivity index (χ0v) is 12.9. The molecular formula is C15H21F2NO2S. The first-order chi connectivity index (χ1) is 9.91. The smallest absolute Gasteiger partial charge is 0.341 e. The molecule has 1 aliphatic rings. The summed E-state index contributed by atoms with van der Waals surface area (Å²) >= 11 is 0. The molecule has 3 nitrogen and oxygen atoms in total. The summed E-state index contributed by atoms with van der Waals surface area (Å²) in [7, 11) is -4.50. The second-order valence-corrected chi connectivity index (χ2v) is 7.65. The van der Waals surface area contributed by atoms with Crippen LogP contribution in [0, 0.1) is 11.8 Å². The predicted molar refractivity (Wildman–Crippen MR) is 79.2 cm³/mol. The van der Waals surface area contributed by atoms with Gasteiger partial charge in [0.15, 0.2) is 0 Å². The minimum atomic E-state index is -4.50. The minimum Gasteiger partial charge on any atom is -0.385 e. The Labute approximate surface area is 124 Å². The van der Waals surface area contributed by atoms with Crippen molar-refractivity contribution in [3.05, 3.63) is 24.3 Å². The van der Waals surface area contributed by atoms with E-state index in [1.807, 2.05) is 0 Å². The van der Waals surface area contributed by atoms with Gasteiger partial charge in [-0.05, 0) is 42.5 Å². The van der Waals surface area contributed by atoms with Gasteiger partial charge in [0.2, 0.25) is 9.84 Å². The zero-order valence-electron chi connectivity index (χ0n) is 12.1. The van der Waals surface area contributed by atoms with Gasteiger partial charge in [0.1, 0.15) is 0 Å². The summed E-state index contributed by atoms with van der Waals surface area (Å²) in [5, 5.41) is 3.27. The van der Waals surface area contributed by atoms with Crippen LogP contribution in [0.2, 0.25) is 0 Å². The number of sulfone groups is 1. The lowest BCUT2D eigenvalue weighted by Crippen LogP contribution is -2.24. The fraction of sp³-hybridized carbons (Fsp3) is 0.600. The van der Waals surface area contributed by atoms with Gasteiger partial charge in [-0.3, -0.25) is 0 Å². The van der Waals surface area contributed by atoms with Crippen molar-refractivity contribution in [3.8, 4) is 0 Å². The van der Waals surface area contributed by atoms with Crippen LogP contribution in [0.1, 0.15) is 32.6 Å². The van der Waals surface area contributed by atoms with Crippen molar-refractivity contribution in [2.75, 3.05) is 11.9 Å². The van der Waals surface area contributed by atoms with E-state index >= 15 is 0 Å². The molecule has 1 aromatic carbocycles. The first-order valence-corrected chi connectivity index (χ1v) is 8.82. The van der Waals surface area contributed by atoms with Gasteiger partial charge in [0.05, 0.1) is 4.90 Å². The number of hydrogen-bond donors (Lipinski definition) is 1. The number of hydrogen-bond acceptors (Lipinski definition) is 3. The van der Waals surface area contributed by atoms with Crippen LogP contribution in [0.3, 0.4) is 0 Å². The fourth-order valence-electron chi connectivity index (χ4n) is 2.81. The molecule has 2 atom stereocenters. The third-order valence-electron chi connectivity index (χ3n) is 4.27. The van der Waals surface area contributed by atoms with Crippen LogP contribution in [-0.2, 0) is 9.84 Å². The number of benzene rings is 1. The predicted octanol–water partition coefficient (Wildman–Crippen LogP) is 3.92. The molecule has 1 aliphatic carbocycles. The van der Waals surface area contributed by atoms with Gasteiger partial charge in [0, 0.05) is 12.2 Å². The first kappa shape index (κ1) is 16.2. The Morgan fingerprint density at radius 2 is 1.81 bits per heavy atom. The molecule has 1 fully saturated rings. The van der Waals surface area contributed by atoms with Crippen LogP contribution in [0.25, 0.3) is 0 Å². The maximum absolute atomic E-state index is 12.4. The molecule has 0 radical (unpaired) electrons. The molecule has 1 saturated carbocycles. The molecule has 0 heterocycles. The van der Waals surface area contributed by atoms with Crippen molar-refractivity contribution in [2.45, 2.75) is 43.3 Å². The summed E-state index contributed by atoms with van der Waals surface area (Å²) in [5.41, 5.74) is 0.765. The van der Waals surface area contributed by atoms with Gasteiger partial charge in [-0.2, -0.15) is 8.78 Å². The van der Waals surface area contributed by atoms with Gasteiger partial charge in [0.25, 0.3) is 0 Å². The van der Waals surface area contributed by atoms with E-state index in [-0.39, 0.29) is 4.90 Å². The summed E-state index contributed by atoms with van der Waals surface area (Å²) in [4.78, 5) is -0.339. The van der Waals surface area contributed by atoms with Crippen molar-refractivity contribution in [3.63, 3.8) is 0 Å². The van der Waals surface area contributed by atoms with Gasteiger partial charge in [-0.1, -0.05) is 26.2 Å². The van der Waals surface area contributed by atoms with E-state index in [4.69, 9.17) is 0 Å². The van der Waals surface area contributed by atoms with Crippen molar-refractivity contribution < 1.29 is 17.2 Å². The van der Waals surface area contributed by atoms with Crippen LogP contribution in [0.15, 0.2) is 29.2 Å². The molecule has 0 spiro atoms. The van der Waals surface area contributed by atoms with Gasteiger partial charge in [-0.25, -0.2) is 8.42 Å². The van der Waals surface area contributed by atoms with Crippen LogP contribution in [-0.4, -0.2) is 20.7 Å². The average molecular weight is 317 g/mol. The molecule has 1 N–H and O–H groups in total. The molecule has 118 valence electrons. The number of halogens is 2. The Bertz CT molecular complexity index is 558. The highest BCUT2D eigenvalue weighted by atomic mass is 32.2. The van der Waals surface area contributed by atoms with Gasteiger partial charge in [-0.15, -0.1) is 0 Å². The van der Waals surface area contributed by atoms with Crippen molar-refractivity contribution in [1.29, 1.82) is 0 Å². The largest absolute Gasteiger partial charge is 0.385 e. The molecule has 0 aromatic heterocycles. The Kier molecular flexibility index (Phi) is 5.19. The summed E-state index contributed by atoms with van der Waals surface area (Å²) in [6, 6.07) is 5.55. The second-order valence-electron chi connectivity index (χ2n) is 5.73. The third kappa shape index (κ3) is 3.93. The molecule has 0 saturated heterocycles. The van der Waals surface area contributed by atoms with Crippen LogP contribution in [0.4, 0.5) is 14.5 Å². The van der Waals surface area contributed by atoms with E-state index in [9.17, 15) is 17.2 Å². The van der Waals surface area contributed by atoms with Crippen LogP contribution >= 0.6 is 0 Å². The highest BCUT2D eigenvalue weighted by Crippen LogP contribution is 2.30. The molecule has 2 rings (SSSR count). The molecular weight excluding hydrogens is 296 g/mol. The Hall–Kier alpha value is -1.17. The summed E-state index contributed by atoms with van der Waals surface area (Å²) in [6.07, 6.45) is 4.99. The highest BCUT2D eigenvalue weighted by Gasteiger charge is 2.26. The van der Waals surface area contributed by atoms with E-state index in [1.54, 1.807) is 12.1 Å². The lowest BCUT2D eigenvalue weighted by molar-refractivity contribution is 0.234. The van der Waals surface area contributed by atoms with Crippen LogP contribution < -0.4 is 5.32 Å². The van der Waals surface area contributed by atoms with Gasteiger partial charge < -0.3 is 5.32 Å². The Morgan fingerprint density at radius 1 is 1.19 bits per heavy atom. The minimum absolute atomic E-state index is 0.339. The topological polar surface area (TPSA) is 46.2 Å². The Morgan fingerprint density at radius 3 is 2.38 bits per heavy atom. The summed E-state index contributed by atoms with van der Waals surface area (Å²) in [5.74, 6) is -2.08. The molecule has 6 heteroatoms. The monoisotopic (exact) mass is 317 g/mol. The number of rotatable bonds is 5. The molecule has 21 heavy (non-hydrogen) atoms.